The van der Waals surface area contributed by atoms with E-state index >= 15 is 0 Å². The van der Waals surface area contributed by atoms with Crippen LogP contribution in [-0.4, -0.2) is 12.1 Å². The molecule has 0 saturated carbocycles. The molecule has 0 bridgehead atoms. The number of rotatable bonds is 4. The number of methoxy groups -OCH3 is 1. The molecule has 0 aliphatic carbocycles. The molecular weight excluding hydrogens is 260 g/mol. The van der Waals surface area contributed by atoms with E-state index in [4.69, 9.17) is 10.5 Å². The highest BCUT2D eigenvalue weighted by Crippen LogP contribution is 2.21. The van der Waals surface area contributed by atoms with Crippen LogP contribution < -0.4 is 10.5 Å². The molecule has 106 valence electrons. The Morgan fingerprint density at radius 1 is 1.05 bits per heavy atom. The predicted octanol–water partition coefficient (Wildman–Crippen LogP) is 3.49. The fraction of sp³-hybridized carbons (Fsp3) is 0.167. The molecule has 1 unspecified atom stereocenters. The van der Waals surface area contributed by atoms with Gasteiger partial charge in [-0.25, -0.2) is 0 Å². The van der Waals surface area contributed by atoms with Gasteiger partial charge in [0.25, 0.3) is 0 Å². The quantitative estimate of drug-likeness (QED) is 0.794. The van der Waals surface area contributed by atoms with Gasteiger partial charge in [-0.3, -0.25) is 4.98 Å². The van der Waals surface area contributed by atoms with Crippen LogP contribution in [0.15, 0.2) is 60.7 Å². The highest BCUT2D eigenvalue weighted by atomic mass is 16.5. The molecule has 0 aliphatic rings. The van der Waals surface area contributed by atoms with Gasteiger partial charge >= 0.3 is 0 Å². The Labute approximate surface area is 124 Å². The molecule has 0 radical (unpaired) electrons. The minimum Gasteiger partial charge on any atom is -0.497 e. The highest BCUT2D eigenvalue weighted by molar-refractivity contribution is 5.78. The summed E-state index contributed by atoms with van der Waals surface area (Å²) < 4.78 is 5.24. The molecule has 3 nitrogen and oxygen atoms in total. The summed E-state index contributed by atoms with van der Waals surface area (Å²) in [4.78, 5) is 4.67. The zero-order chi connectivity index (χ0) is 14.7. The van der Waals surface area contributed by atoms with Crippen molar-refractivity contribution in [1.29, 1.82) is 0 Å². The minimum atomic E-state index is -0.0891. The molecule has 0 saturated heterocycles. The van der Waals surface area contributed by atoms with Gasteiger partial charge in [-0.2, -0.15) is 0 Å². The van der Waals surface area contributed by atoms with Crippen molar-refractivity contribution >= 4 is 10.9 Å². The van der Waals surface area contributed by atoms with Crippen LogP contribution in [0.25, 0.3) is 10.9 Å². The van der Waals surface area contributed by atoms with Crippen LogP contribution in [0.1, 0.15) is 17.3 Å². The van der Waals surface area contributed by atoms with Gasteiger partial charge in [0, 0.05) is 23.5 Å². The average molecular weight is 278 g/mol. The van der Waals surface area contributed by atoms with E-state index in [0.717, 1.165) is 27.9 Å². The van der Waals surface area contributed by atoms with Gasteiger partial charge in [-0.05, 0) is 29.8 Å². The zero-order valence-electron chi connectivity index (χ0n) is 12.0. The Morgan fingerprint density at radius 3 is 2.76 bits per heavy atom. The molecule has 3 rings (SSSR count). The number of hydrogen-bond donors (Lipinski definition) is 1. The summed E-state index contributed by atoms with van der Waals surface area (Å²) in [7, 11) is 1.66. The Bertz CT molecular complexity index is 755. The maximum Gasteiger partial charge on any atom is 0.119 e. The first-order chi connectivity index (χ1) is 10.3. The SMILES string of the molecule is COc1cccc(C(N)Cc2ccc3ccccc3n2)c1. The van der Waals surface area contributed by atoms with Crippen molar-refractivity contribution in [3.05, 3.63) is 71.9 Å². The van der Waals surface area contributed by atoms with Crippen molar-refractivity contribution in [1.82, 2.24) is 4.98 Å². The summed E-state index contributed by atoms with van der Waals surface area (Å²) in [5.41, 5.74) is 9.37. The summed E-state index contributed by atoms with van der Waals surface area (Å²) in [6, 6.07) is 20.0. The van der Waals surface area contributed by atoms with E-state index in [1.807, 2.05) is 48.5 Å². The molecule has 2 N–H and O–H groups in total. The summed E-state index contributed by atoms with van der Waals surface area (Å²) >= 11 is 0. The van der Waals surface area contributed by atoms with E-state index in [0.29, 0.717) is 6.42 Å². The molecule has 3 heteroatoms. The number of hydrogen-bond acceptors (Lipinski definition) is 3. The van der Waals surface area contributed by atoms with Gasteiger partial charge in [-0.1, -0.05) is 36.4 Å². The standard InChI is InChI=1S/C18H18N2O/c1-21-16-7-4-6-14(11-16)17(19)12-15-10-9-13-5-2-3-8-18(13)20-15/h2-11,17H,12,19H2,1H3. The fourth-order valence-corrected chi connectivity index (χ4v) is 2.44. The first kappa shape index (κ1) is 13.6. The molecule has 0 fully saturated rings. The molecule has 2 aromatic carbocycles. The summed E-state index contributed by atoms with van der Waals surface area (Å²) in [6.45, 7) is 0. The number of nitrogens with zero attached hydrogens (tertiary/aromatic N) is 1. The monoisotopic (exact) mass is 278 g/mol. The van der Waals surface area contributed by atoms with Crippen molar-refractivity contribution in [2.24, 2.45) is 5.73 Å². The normalized spacial score (nSPS) is 12.3. The van der Waals surface area contributed by atoms with Crippen LogP contribution in [0.5, 0.6) is 5.75 Å². The Balaban J connectivity index is 1.83. The highest BCUT2D eigenvalue weighted by Gasteiger charge is 2.09. The van der Waals surface area contributed by atoms with E-state index in [9.17, 15) is 0 Å². The van der Waals surface area contributed by atoms with E-state index < -0.39 is 0 Å². The zero-order valence-corrected chi connectivity index (χ0v) is 12.0. The number of ether oxygens (including phenoxy) is 1. The molecule has 1 aromatic heterocycles. The van der Waals surface area contributed by atoms with E-state index in [1.54, 1.807) is 7.11 Å². The molecule has 21 heavy (non-hydrogen) atoms. The predicted molar refractivity (Wildman–Crippen MR) is 85.4 cm³/mol. The van der Waals surface area contributed by atoms with Gasteiger partial charge < -0.3 is 10.5 Å². The number of pyridine rings is 1. The minimum absolute atomic E-state index is 0.0891. The summed E-state index contributed by atoms with van der Waals surface area (Å²) in [6.07, 6.45) is 0.706. The summed E-state index contributed by atoms with van der Waals surface area (Å²) in [5, 5.41) is 1.15. The first-order valence-corrected chi connectivity index (χ1v) is 7.00. The number of fused-ring (bicyclic) bond motifs is 1. The molecule has 0 amide bonds. The largest absolute Gasteiger partial charge is 0.497 e. The van der Waals surface area contributed by atoms with E-state index in [1.165, 1.54) is 0 Å². The van der Waals surface area contributed by atoms with Crippen LogP contribution in [0.3, 0.4) is 0 Å². The average Bonchev–Trinajstić information content (AvgIpc) is 2.54. The van der Waals surface area contributed by atoms with Crippen molar-refractivity contribution in [3.63, 3.8) is 0 Å². The Kier molecular flexibility index (Phi) is 3.84. The third-order valence-corrected chi connectivity index (χ3v) is 3.61. The van der Waals surface area contributed by atoms with Crippen molar-refractivity contribution in [2.75, 3.05) is 7.11 Å². The van der Waals surface area contributed by atoms with Crippen LogP contribution in [-0.2, 0) is 6.42 Å². The maximum atomic E-state index is 6.30. The number of para-hydroxylation sites is 1. The third-order valence-electron chi connectivity index (χ3n) is 3.61. The molecule has 1 heterocycles. The lowest BCUT2D eigenvalue weighted by molar-refractivity contribution is 0.413. The Hall–Kier alpha value is -2.39. The van der Waals surface area contributed by atoms with Crippen molar-refractivity contribution < 1.29 is 4.74 Å². The van der Waals surface area contributed by atoms with Crippen LogP contribution in [0.4, 0.5) is 0 Å². The van der Waals surface area contributed by atoms with Gasteiger partial charge in [0.1, 0.15) is 5.75 Å². The van der Waals surface area contributed by atoms with Gasteiger partial charge in [0.05, 0.1) is 12.6 Å². The molecule has 0 aliphatic heterocycles. The van der Waals surface area contributed by atoms with Crippen LogP contribution in [0.2, 0.25) is 0 Å². The Morgan fingerprint density at radius 2 is 1.90 bits per heavy atom. The van der Waals surface area contributed by atoms with Crippen molar-refractivity contribution in [2.45, 2.75) is 12.5 Å². The topological polar surface area (TPSA) is 48.1 Å². The molecule has 0 spiro atoms. The van der Waals surface area contributed by atoms with Gasteiger partial charge in [0.2, 0.25) is 0 Å². The third kappa shape index (κ3) is 3.03. The number of benzene rings is 2. The lowest BCUT2D eigenvalue weighted by atomic mass is 10.0. The van der Waals surface area contributed by atoms with Gasteiger partial charge in [-0.15, -0.1) is 0 Å². The van der Waals surface area contributed by atoms with Crippen LogP contribution >= 0.6 is 0 Å². The van der Waals surface area contributed by atoms with Gasteiger partial charge in [0.15, 0.2) is 0 Å². The molecule has 1 atom stereocenters. The lowest BCUT2D eigenvalue weighted by Crippen LogP contribution is -2.14. The molecular formula is C18H18N2O. The second-order valence-corrected chi connectivity index (χ2v) is 5.08. The van der Waals surface area contributed by atoms with E-state index in [2.05, 4.69) is 17.1 Å². The second kappa shape index (κ2) is 5.94. The van der Waals surface area contributed by atoms with E-state index in [-0.39, 0.29) is 6.04 Å². The number of aromatic nitrogens is 1. The second-order valence-electron chi connectivity index (χ2n) is 5.08. The lowest BCUT2D eigenvalue weighted by Gasteiger charge is -2.13. The maximum absolute atomic E-state index is 6.30. The van der Waals surface area contributed by atoms with Crippen molar-refractivity contribution in [3.8, 4) is 5.75 Å². The molecule has 3 aromatic rings. The smallest absolute Gasteiger partial charge is 0.119 e. The first-order valence-electron chi connectivity index (χ1n) is 7.00. The summed E-state index contributed by atoms with van der Waals surface area (Å²) in [5.74, 6) is 0.828. The fourth-order valence-electron chi connectivity index (χ4n) is 2.44. The number of nitrogens with two attached hydrogens (primary N) is 1. The van der Waals surface area contributed by atoms with Crippen LogP contribution in [0, 0.1) is 0 Å².